The maximum absolute atomic E-state index is 12.9. The van der Waals surface area contributed by atoms with Crippen LogP contribution in [0.25, 0.3) is 0 Å². The molecule has 0 radical (unpaired) electrons. The fraction of sp³-hybridized carbons (Fsp3) is 0.588. The van der Waals surface area contributed by atoms with Crippen LogP contribution >= 0.6 is 0 Å². The summed E-state index contributed by atoms with van der Waals surface area (Å²) in [7, 11) is 0. The van der Waals surface area contributed by atoms with Gasteiger partial charge in [-0.1, -0.05) is 31.2 Å². The summed E-state index contributed by atoms with van der Waals surface area (Å²) in [4.78, 5) is 15.0. The van der Waals surface area contributed by atoms with Crippen molar-refractivity contribution in [1.29, 1.82) is 0 Å². The fourth-order valence-electron chi connectivity index (χ4n) is 3.54. The highest BCUT2D eigenvalue weighted by atomic mass is 16.2. The van der Waals surface area contributed by atoms with E-state index in [1.54, 1.807) is 0 Å². The Balaban J connectivity index is 1.84. The first-order chi connectivity index (χ1) is 9.68. The van der Waals surface area contributed by atoms with E-state index in [1.807, 2.05) is 6.07 Å². The number of carbonyl (C=O) groups is 1. The van der Waals surface area contributed by atoms with Gasteiger partial charge in [0.1, 0.15) is 6.04 Å². The van der Waals surface area contributed by atoms with Crippen molar-refractivity contribution in [2.75, 3.05) is 13.1 Å². The van der Waals surface area contributed by atoms with Crippen LogP contribution in [0.2, 0.25) is 0 Å². The summed E-state index contributed by atoms with van der Waals surface area (Å²) < 4.78 is 0. The SMILES string of the molecule is CC1CCCN(C(=O)C2NCCc3ccccc32)C1C. The summed E-state index contributed by atoms with van der Waals surface area (Å²) in [5, 5.41) is 3.42. The third-order valence-corrected chi connectivity index (χ3v) is 5.01. The molecule has 0 saturated carbocycles. The fourth-order valence-corrected chi connectivity index (χ4v) is 3.54. The van der Waals surface area contributed by atoms with E-state index >= 15 is 0 Å². The van der Waals surface area contributed by atoms with Gasteiger partial charge in [-0.25, -0.2) is 0 Å². The van der Waals surface area contributed by atoms with Crippen molar-refractivity contribution in [2.45, 2.75) is 45.2 Å². The zero-order valence-corrected chi connectivity index (χ0v) is 12.4. The minimum atomic E-state index is -0.146. The lowest BCUT2D eigenvalue weighted by atomic mass is 9.89. The van der Waals surface area contributed by atoms with Crippen LogP contribution in [0.4, 0.5) is 0 Å². The van der Waals surface area contributed by atoms with E-state index in [4.69, 9.17) is 0 Å². The summed E-state index contributed by atoms with van der Waals surface area (Å²) >= 11 is 0. The zero-order valence-electron chi connectivity index (χ0n) is 12.4. The molecule has 3 nitrogen and oxygen atoms in total. The molecule has 3 unspecified atom stereocenters. The topological polar surface area (TPSA) is 32.3 Å². The van der Waals surface area contributed by atoms with Crippen LogP contribution in [0.1, 0.15) is 43.9 Å². The summed E-state index contributed by atoms with van der Waals surface area (Å²) in [5.41, 5.74) is 2.50. The van der Waals surface area contributed by atoms with Crippen molar-refractivity contribution in [2.24, 2.45) is 5.92 Å². The molecule has 1 aromatic rings. The van der Waals surface area contributed by atoms with Crippen LogP contribution in [0, 0.1) is 5.92 Å². The third-order valence-electron chi connectivity index (χ3n) is 5.01. The van der Waals surface area contributed by atoms with Gasteiger partial charge in [-0.2, -0.15) is 0 Å². The first-order valence-electron chi connectivity index (χ1n) is 7.80. The van der Waals surface area contributed by atoms with E-state index in [2.05, 4.69) is 42.3 Å². The number of fused-ring (bicyclic) bond motifs is 1. The summed E-state index contributed by atoms with van der Waals surface area (Å²) in [5.74, 6) is 0.864. The standard InChI is InChI=1S/C17H24N2O/c1-12-6-5-11-19(13(12)2)17(20)16-15-8-4-3-7-14(15)9-10-18-16/h3-4,7-8,12-13,16,18H,5-6,9-11H2,1-2H3. The highest BCUT2D eigenvalue weighted by Crippen LogP contribution is 2.29. The maximum Gasteiger partial charge on any atom is 0.244 e. The summed E-state index contributed by atoms with van der Waals surface area (Å²) in [6, 6.07) is 8.56. The number of rotatable bonds is 1. The molecule has 1 aromatic carbocycles. The number of piperidine rings is 1. The number of carbonyl (C=O) groups excluding carboxylic acids is 1. The van der Waals surface area contributed by atoms with Gasteiger partial charge < -0.3 is 10.2 Å². The Labute approximate surface area is 121 Å². The minimum Gasteiger partial charge on any atom is -0.338 e. The summed E-state index contributed by atoms with van der Waals surface area (Å²) in [6.45, 7) is 6.25. The Kier molecular flexibility index (Phi) is 3.79. The van der Waals surface area contributed by atoms with E-state index in [-0.39, 0.29) is 11.9 Å². The number of nitrogens with one attached hydrogen (secondary N) is 1. The molecule has 2 heterocycles. The quantitative estimate of drug-likeness (QED) is 0.852. The third kappa shape index (κ3) is 2.35. The van der Waals surface area contributed by atoms with Gasteiger partial charge in [-0.15, -0.1) is 0 Å². The summed E-state index contributed by atoms with van der Waals surface area (Å²) in [6.07, 6.45) is 3.39. The van der Waals surface area contributed by atoms with Crippen LogP contribution < -0.4 is 5.32 Å². The van der Waals surface area contributed by atoms with Crippen LogP contribution in [-0.2, 0) is 11.2 Å². The number of nitrogens with zero attached hydrogens (tertiary/aromatic N) is 1. The Bertz CT molecular complexity index is 500. The predicted octanol–water partition coefficient (Wildman–Crippen LogP) is 2.52. The number of hydrogen-bond donors (Lipinski definition) is 1. The van der Waals surface area contributed by atoms with Crippen molar-refractivity contribution in [1.82, 2.24) is 10.2 Å². The molecule has 2 aliphatic heterocycles. The van der Waals surface area contributed by atoms with Crippen molar-refractivity contribution in [3.63, 3.8) is 0 Å². The molecule has 0 aromatic heterocycles. The smallest absolute Gasteiger partial charge is 0.244 e. The van der Waals surface area contributed by atoms with Crippen LogP contribution in [-0.4, -0.2) is 29.9 Å². The number of amides is 1. The lowest BCUT2D eigenvalue weighted by Gasteiger charge is -2.40. The van der Waals surface area contributed by atoms with Crippen LogP contribution in [0.5, 0.6) is 0 Å². The van der Waals surface area contributed by atoms with Crippen molar-refractivity contribution in [3.05, 3.63) is 35.4 Å². The first-order valence-corrected chi connectivity index (χ1v) is 7.80. The second kappa shape index (κ2) is 5.57. The second-order valence-electron chi connectivity index (χ2n) is 6.23. The van der Waals surface area contributed by atoms with E-state index in [9.17, 15) is 4.79 Å². The van der Waals surface area contributed by atoms with Crippen LogP contribution in [0.3, 0.4) is 0 Å². The van der Waals surface area contributed by atoms with Gasteiger partial charge >= 0.3 is 0 Å². The Morgan fingerprint density at radius 2 is 2.10 bits per heavy atom. The lowest BCUT2D eigenvalue weighted by molar-refractivity contribution is -0.138. The molecule has 1 N–H and O–H groups in total. The molecule has 108 valence electrons. The van der Waals surface area contributed by atoms with E-state index < -0.39 is 0 Å². The monoisotopic (exact) mass is 272 g/mol. The molecule has 1 saturated heterocycles. The van der Waals surface area contributed by atoms with Gasteiger partial charge in [0.05, 0.1) is 0 Å². The molecule has 3 rings (SSSR count). The predicted molar refractivity (Wildman–Crippen MR) is 80.5 cm³/mol. The maximum atomic E-state index is 12.9. The molecule has 1 fully saturated rings. The van der Waals surface area contributed by atoms with E-state index in [0.29, 0.717) is 12.0 Å². The van der Waals surface area contributed by atoms with Gasteiger partial charge in [-0.05, 0) is 43.2 Å². The van der Waals surface area contributed by atoms with Gasteiger partial charge in [0.15, 0.2) is 0 Å². The number of likely N-dealkylation sites (tertiary alicyclic amines) is 1. The molecule has 3 heteroatoms. The molecule has 0 bridgehead atoms. The van der Waals surface area contributed by atoms with Gasteiger partial charge in [-0.3, -0.25) is 4.79 Å². The van der Waals surface area contributed by atoms with Gasteiger partial charge in [0.25, 0.3) is 0 Å². The zero-order chi connectivity index (χ0) is 14.1. The van der Waals surface area contributed by atoms with E-state index in [0.717, 1.165) is 25.9 Å². The Morgan fingerprint density at radius 3 is 2.95 bits per heavy atom. The molecule has 20 heavy (non-hydrogen) atoms. The number of hydrogen-bond acceptors (Lipinski definition) is 2. The second-order valence-corrected chi connectivity index (χ2v) is 6.23. The van der Waals surface area contributed by atoms with Gasteiger partial charge in [0.2, 0.25) is 5.91 Å². The molecule has 1 amide bonds. The molecule has 0 spiro atoms. The Hall–Kier alpha value is -1.35. The van der Waals surface area contributed by atoms with Crippen molar-refractivity contribution >= 4 is 5.91 Å². The van der Waals surface area contributed by atoms with Crippen LogP contribution in [0.15, 0.2) is 24.3 Å². The van der Waals surface area contributed by atoms with Crippen molar-refractivity contribution in [3.8, 4) is 0 Å². The largest absolute Gasteiger partial charge is 0.338 e. The molecular weight excluding hydrogens is 248 g/mol. The highest BCUT2D eigenvalue weighted by Gasteiger charge is 2.34. The first kappa shape index (κ1) is 13.6. The minimum absolute atomic E-state index is 0.146. The average Bonchev–Trinajstić information content (AvgIpc) is 2.49. The number of benzene rings is 1. The van der Waals surface area contributed by atoms with Gasteiger partial charge in [0, 0.05) is 19.1 Å². The highest BCUT2D eigenvalue weighted by molar-refractivity contribution is 5.84. The Morgan fingerprint density at radius 1 is 1.30 bits per heavy atom. The lowest BCUT2D eigenvalue weighted by Crippen LogP contribution is -2.51. The van der Waals surface area contributed by atoms with E-state index in [1.165, 1.54) is 17.5 Å². The molecular formula is C17H24N2O. The van der Waals surface area contributed by atoms with Crippen molar-refractivity contribution < 1.29 is 4.79 Å². The average molecular weight is 272 g/mol. The normalized spacial score (nSPS) is 29.9. The molecule has 3 atom stereocenters. The molecule has 0 aliphatic carbocycles. The molecule has 2 aliphatic rings.